The number of pyridine rings is 1. The van der Waals surface area contributed by atoms with Crippen LogP contribution in [0.5, 0.6) is 0 Å². The summed E-state index contributed by atoms with van der Waals surface area (Å²) >= 11 is 8.01. The number of nitrogens with two attached hydrogens (primary N) is 1. The second kappa shape index (κ2) is 8.88. The van der Waals surface area contributed by atoms with Gasteiger partial charge in [-0.25, -0.2) is 4.98 Å². The lowest BCUT2D eigenvalue weighted by Gasteiger charge is -2.14. The Bertz CT molecular complexity index is 895. The van der Waals surface area contributed by atoms with E-state index in [9.17, 15) is 5.11 Å². The predicted octanol–water partition coefficient (Wildman–Crippen LogP) is 4.27. The number of aliphatic hydroxyl groups excluding tert-OH is 1. The van der Waals surface area contributed by atoms with Crippen molar-refractivity contribution in [2.75, 3.05) is 0 Å². The van der Waals surface area contributed by atoms with Crippen LogP contribution in [0.15, 0.2) is 40.4 Å². The van der Waals surface area contributed by atoms with E-state index in [1.165, 1.54) is 11.8 Å². The third kappa shape index (κ3) is 4.05. The molecule has 0 saturated heterocycles. The van der Waals surface area contributed by atoms with Crippen LogP contribution >= 0.6 is 35.8 Å². The quantitative estimate of drug-likeness (QED) is 0.584. The van der Waals surface area contributed by atoms with E-state index in [0.29, 0.717) is 11.6 Å². The Balaban J connectivity index is 0.00000243. The van der Waals surface area contributed by atoms with Crippen LogP contribution in [0.4, 0.5) is 0 Å². The second-order valence-electron chi connectivity index (χ2n) is 5.69. The molecule has 8 heteroatoms. The Kier molecular flexibility index (Phi) is 7.08. The average molecular weight is 411 g/mol. The number of aromatic amines is 1. The summed E-state index contributed by atoms with van der Waals surface area (Å²) in [5.41, 5.74) is 11.6. The molecule has 0 bridgehead atoms. The van der Waals surface area contributed by atoms with Crippen LogP contribution in [0, 0.1) is 13.8 Å². The Morgan fingerprint density at radius 3 is 2.65 bits per heavy atom. The van der Waals surface area contributed by atoms with Crippen molar-refractivity contribution in [1.82, 2.24) is 15.2 Å². The van der Waals surface area contributed by atoms with Crippen LogP contribution in [-0.4, -0.2) is 20.3 Å². The van der Waals surface area contributed by atoms with Gasteiger partial charge in [0.15, 0.2) is 0 Å². The highest BCUT2D eigenvalue weighted by atomic mass is 35.5. The molecule has 0 saturated carbocycles. The van der Waals surface area contributed by atoms with Gasteiger partial charge >= 0.3 is 0 Å². The van der Waals surface area contributed by atoms with Gasteiger partial charge in [0.2, 0.25) is 0 Å². The lowest BCUT2D eigenvalue weighted by Crippen LogP contribution is -2.01. The molecule has 26 heavy (non-hydrogen) atoms. The molecule has 0 aliphatic carbocycles. The Morgan fingerprint density at radius 1 is 1.27 bits per heavy atom. The predicted molar refractivity (Wildman–Crippen MR) is 108 cm³/mol. The third-order valence-electron chi connectivity index (χ3n) is 3.98. The fraction of sp³-hybridized carbons (Fsp3) is 0.222. The summed E-state index contributed by atoms with van der Waals surface area (Å²) in [6, 6.07) is 7.61. The van der Waals surface area contributed by atoms with Gasteiger partial charge in [0.25, 0.3) is 0 Å². The number of nitrogens with one attached hydrogen (secondary N) is 1. The normalized spacial score (nSPS) is 10.7. The Hall–Kier alpha value is -1.57. The van der Waals surface area contributed by atoms with E-state index in [0.717, 1.165) is 43.6 Å². The highest BCUT2D eigenvalue weighted by molar-refractivity contribution is 7.99. The summed E-state index contributed by atoms with van der Waals surface area (Å²) in [7, 11) is 0. The van der Waals surface area contributed by atoms with E-state index < -0.39 is 0 Å². The first kappa shape index (κ1) is 20.7. The van der Waals surface area contributed by atoms with Crippen molar-refractivity contribution in [3.63, 3.8) is 0 Å². The number of halogens is 2. The minimum atomic E-state index is -0.0722. The fourth-order valence-electron chi connectivity index (χ4n) is 2.77. The van der Waals surface area contributed by atoms with E-state index in [4.69, 9.17) is 17.3 Å². The van der Waals surface area contributed by atoms with E-state index in [2.05, 4.69) is 15.2 Å². The summed E-state index contributed by atoms with van der Waals surface area (Å²) in [6.45, 7) is 4.22. The molecule has 0 atom stereocenters. The van der Waals surface area contributed by atoms with E-state index in [1.54, 1.807) is 12.3 Å². The zero-order valence-corrected chi connectivity index (χ0v) is 16.8. The van der Waals surface area contributed by atoms with Crippen LogP contribution in [0.25, 0.3) is 11.1 Å². The van der Waals surface area contributed by atoms with Gasteiger partial charge in [-0.2, -0.15) is 5.10 Å². The molecular formula is C18H20Cl2N4OS. The van der Waals surface area contributed by atoms with Crippen molar-refractivity contribution in [3.05, 3.63) is 58.0 Å². The molecule has 0 amide bonds. The standard InChI is InChI=1S/C18H19ClN4OS.ClH/c1-10-16(11(2)23-22-10)13-6-14(8-20)17(15(19)7-13)25-18-12(9-24)4-3-5-21-18;/h3-7,24H,8-9,20H2,1-2H3,(H,22,23);1H. The first-order valence-corrected chi connectivity index (χ1v) is 9.01. The number of H-pyrrole nitrogens is 1. The van der Waals surface area contributed by atoms with Gasteiger partial charge in [-0.15, -0.1) is 12.4 Å². The molecule has 2 heterocycles. The maximum atomic E-state index is 9.50. The van der Waals surface area contributed by atoms with E-state index in [-0.39, 0.29) is 19.0 Å². The van der Waals surface area contributed by atoms with Gasteiger partial charge in [-0.05, 0) is 43.2 Å². The number of aromatic nitrogens is 3. The maximum Gasteiger partial charge on any atom is 0.106 e. The van der Waals surface area contributed by atoms with E-state index in [1.807, 2.05) is 32.0 Å². The summed E-state index contributed by atoms with van der Waals surface area (Å²) in [6.07, 6.45) is 1.70. The maximum absolute atomic E-state index is 9.50. The number of aryl methyl sites for hydroxylation is 2. The van der Waals surface area contributed by atoms with Gasteiger partial charge in [-0.1, -0.05) is 29.4 Å². The molecule has 0 unspecified atom stereocenters. The molecule has 138 valence electrons. The Labute approximate surface area is 167 Å². The van der Waals surface area contributed by atoms with Crippen molar-refractivity contribution in [3.8, 4) is 11.1 Å². The van der Waals surface area contributed by atoms with Crippen LogP contribution in [-0.2, 0) is 13.2 Å². The minimum absolute atomic E-state index is 0. The molecule has 0 aliphatic heterocycles. The van der Waals surface area contributed by atoms with Crippen molar-refractivity contribution < 1.29 is 5.11 Å². The number of nitrogens with zero attached hydrogens (tertiary/aromatic N) is 2. The molecule has 1 aromatic carbocycles. The first-order chi connectivity index (χ1) is 12.0. The van der Waals surface area contributed by atoms with Crippen LogP contribution in [0.2, 0.25) is 5.02 Å². The first-order valence-electron chi connectivity index (χ1n) is 7.82. The summed E-state index contributed by atoms with van der Waals surface area (Å²) in [5, 5.41) is 18.1. The molecular weight excluding hydrogens is 391 g/mol. The zero-order chi connectivity index (χ0) is 18.0. The van der Waals surface area contributed by atoms with Crippen molar-refractivity contribution in [1.29, 1.82) is 0 Å². The zero-order valence-electron chi connectivity index (χ0n) is 14.4. The van der Waals surface area contributed by atoms with Crippen molar-refractivity contribution in [2.24, 2.45) is 5.73 Å². The monoisotopic (exact) mass is 410 g/mol. The van der Waals surface area contributed by atoms with Crippen LogP contribution in [0.3, 0.4) is 0 Å². The summed E-state index contributed by atoms with van der Waals surface area (Å²) in [4.78, 5) is 5.21. The molecule has 5 nitrogen and oxygen atoms in total. The minimum Gasteiger partial charge on any atom is -0.392 e. The van der Waals surface area contributed by atoms with Crippen molar-refractivity contribution in [2.45, 2.75) is 36.9 Å². The lowest BCUT2D eigenvalue weighted by atomic mass is 10.0. The molecule has 3 aromatic rings. The smallest absolute Gasteiger partial charge is 0.106 e. The van der Waals surface area contributed by atoms with Gasteiger partial charge < -0.3 is 10.8 Å². The van der Waals surface area contributed by atoms with Crippen molar-refractivity contribution >= 4 is 35.8 Å². The number of benzene rings is 1. The topological polar surface area (TPSA) is 87.8 Å². The molecule has 0 fully saturated rings. The fourth-order valence-corrected chi connectivity index (χ4v) is 4.12. The van der Waals surface area contributed by atoms with Crippen LogP contribution in [0.1, 0.15) is 22.5 Å². The molecule has 0 radical (unpaired) electrons. The average Bonchev–Trinajstić information content (AvgIpc) is 2.95. The highest BCUT2D eigenvalue weighted by Gasteiger charge is 2.16. The Morgan fingerprint density at radius 2 is 2.04 bits per heavy atom. The molecule has 3 rings (SSSR count). The number of aliphatic hydroxyl groups is 1. The number of hydrogen-bond acceptors (Lipinski definition) is 5. The number of rotatable bonds is 5. The molecule has 4 N–H and O–H groups in total. The molecule has 2 aromatic heterocycles. The van der Waals surface area contributed by atoms with Gasteiger partial charge in [0.1, 0.15) is 5.03 Å². The third-order valence-corrected chi connectivity index (χ3v) is 5.63. The second-order valence-corrected chi connectivity index (χ2v) is 7.09. The number of hydrogen-bond donors (Lipinski definition) is 3. The van der Waals surface area contributed by atoms with Gasteiger partial charge in [0.05, 0.1) is 17.3 Å². The van der Waals surface area contributed by atoms with Gasteiger partial charge in [-0.3, -0.25) is 5.10 Å². The highest BCUT2D eigenvalue weighted by Crippen LogP contribution is 2.40. The van der Waals surface area contributed by atoms with Crippen LogP contribution < -0.4 is 5.73 Å². The van der Waals surface area contributed by atoms with E-state index >= 15 is 0 Å². The van der Waals surface area contributed by atoms with Gasteiger partial charge in [0, 0.05) is 34.5 Å². The largest absolute Gasteiger partial charge is 0.392 e. The SMILES string of the molecule is Cc1n[nH]c(C)c1-c1cc(Cl)c(Sc2ncccc2CO)c(CN)c1.Cl. The molecule has 0 spiro atoms. The lowest BCUT2D eigenvalue weighted by molar-refractivity contribution is 0.278. The summed E-state index contributed by atoms with van der Waals surface area (Å²) in [5.74, 6) is 0. The molecule has 0 aliphatic rings. The summed E-state index contributed by atoms with van der Waals surface area (Å²) < 4.78 is 0.